The third kappa shape index (κ3) is 3.94. The number of aromatic hydroxyl groups is 1. The normalized spacial score (nSPS) is 10.6. The van der Waals surface area contributed by atoms with Crippen molar-refractivity contribution in [3.8, 4) is 5.75 Å². The molecule has 0 aliphatic rings. The summed E-state index contributed by atoms with van der Waals surface area (Å²) in [7, 11) is 0. The van der Waals surface area contributed by atoms with Crippen LogP contribution in [0.25, 0.3) is 4.96 Å². The number of fused-ring (bicyclic) bond motifs is 1. The highest BCUT2D eigenvalue weighted by molar-refractivity contribution is 7.17. The summed E-state index contributed by atoms with van der Waals surface area (Å²) >= 11 is 13.0. The highest BCUT2D eigenvalue weighted by Gasteiger charge is 2.20. The minimum atomic E-state index is -0.697. The second kappa shape index (κ2) is 8.24. The van der Waals surface area contributed by atoms with Crippen LogP contribution in [0.15, 0.2) is 29.2 Å². The lowest BCUT2D eigenvalue weighted by Crippen LogP contribution is -3.00. The summed E-state index contributed by atoms with van der Waals surface area (Å²) in [6, 6.07) is 4.94. The van der Waals surface area contributed by atoms with Gasteiger partial charge in [0.15, 0.2) is 10.7 Å². The number of rotatable bonds is 4. The fourth-order valence-corrected chi connectivity index (χ4v) is 3.35. The van der Waals surface area contributed by atoms with E-state index in [0.717, 1.165) is 10.4 Å². The van der Waals surface area contributed by atoms with Gasteiger partial charge in [-0.2, -0.15) is 0 Å². The van der Waals surface area contributed by atoms with Crippen molar-refractivity contribution in [2.75, 3.05) is 0 Å². The molecule has 0 saturated carbocycles. The van der Waals surface area contributed by atoms with Crippen LogP contribution in [0.3, 0.4) is 0 Å². The van der Waals surface area contributed by atoms with Gasteiger partial charge < -0.3 is 28.6 Å². The summed E-state index contributed by atoms with van der Waals surface area (Å²) < 4.78 is 1.20. The van der Waals surface area contributed by atoms with Crippen molar-refractivity contribution in [3.05, 3.63) is 60.9 Å². The lowest BCUT2D eigenvalue weighted by atomic mass is 10.2. The number of thiazole rings is 1. The van der Waals surface area contributed by atoms with E-state index < -0.39 is 17.2 Å². The molecule has 11 heteroatoms. The summed E-state index contributed by atoms with van der Waals surface area (Å²) in [4.78, 5) is 29.7. The van der Waals surface area contributed by atoms with Crippen LogP contribution in [0.1, 0.15) is 20.9 Å². The quantitative estimate of drug-likeness (QED) is 0.460. The van der Waals surface area contributed by atoms with Crippen LogP contribution < -0.4 is 29.0 Å². The van der Waals surface area contributed by atoms with Crippen molar-refractivity contribution >= 4 is 45.4 Å². The second-order valence-corrected chi connectivity index (χ2v) is 7.05. The molecule has 138 valence electrons. The largest absolute Gasteiger partial charge is 1.00 e. The predicted molar refractivity (Wildman–Crippen MR) is 95.2 cm³/mol. The number of nitrogens with zero attached hydrogens (tertiary/aromatic N) is 2. The minimum Gasteiger partial charge on any atom is -1.00 e. The summed E-state index contributed by atoms with van der Waals surface area (Å²) in [6.45, 7) is 0.623. The molecule has 0 atom stereocenters. The highest BCUT2D eigenvalue weighted by atomic mass is 35.5. The first-order valence-electron chi connectivity index (χ1n) is 7.16. The zero-order valence-corrected chi connectivity index (χ0v) is 16.2. The molecule has 2 heterocycles. The van der Waals surface area contributed by atoms with Gasteiger partial charge in [-0.1, -0.05) is 40.6 Å². The average molecular weight is 436 g/mol. The number of hydrogen-bond acceptors (Lipinski definition) is 5. The number of amides is 1. The molecule has 0 saturated heterocycles. The SMILES string of the molecule is [Cl-].[NH3+]Cc1cn2c(=O)c(O)c(C(=O)NCc3ccc(Cl)c(Cl)c3)nc2s1. The number of aromatic nitrogens is 2. The number of carbonyl (C=O) groups excluding carboxylic acids is 1. The Hall–Kier alpha value is -1.84. The van der Waals surface area contributed by atoms with E-state index in [9.17, 15) is 14.7 Å². The Labute approximate surface area is 167 Å². The summed E-state index contributed by atoms with van der Waals surface area (Å²) in [5.41, 5.74) is 3.45. The molecule has 5 N–H and O–H groups in total. The molecule has 3 rings (SSSR count). The fraction of sp³-hybridized carbons (Fsp3) is 0.133. The molecule has 0 bridgehead atoms. The van der Waals surface area contributed by atoms with Crippen molar-refractivity contribution < 1.29 is 28.0 Å². The smallest absolute Gasteiger partial charge is 0.301 e. The van der Waals surface area contributed by atoms with Crippen molar-refractivity contribution in [2.45, 2.75) is 13.1 Å². The minimum absolute atomic E-state index is 0. The molecule has 0 spiro atoms. The molecule has 1 amide bonds. The average Bonchev–Trinajstić information content (AvgIpc) is 3.02. The van der Waals surface area contributed by atoms with E-state index in [1.165, 1.54) is 15.7 Å². The molecule has 0 fully saturated rings. The predicted octanol–water partition coefficient (Wildman–Crippen LogP) is -1.56. The second-order valence-electron chi connectivity index (χ2n) is 5.15. The van der Waals surface area contributed by atoms with Crippen molar-refractivity contribution in [2.24, 2.45) is 0 Å². The molecule has 0 radical (unpaired) electrons. The van der Waals surface area contributed by atoms with E-state index in [2.05, 4.69) is 16.0 Å². The van der Waals surface area contributed by atoms with Crippen LogP contribution in [0, 0.1) is 0 Å². The van der Waals surface area contributed by atoms with Crippen LogP contribution in [0.5, 0.6) is 5.75 Å². The van der Waals surface area contributed by atoms with Crippen LogP contribution in [-0.2, 0) is 13.1 Å². The van der Waals surface area contributed by atoms with Gasteiger partial charge in [0.05, 0.1) is 14.9 Å². The van der Waals surface area contributed by atoms with Gasteiger partial charge in [0.2, 0.25) is 5.75 Å². The van der Waals surface area contributed by atoms with E-state index in [1.54, 1.807) is 24.4 Å². The number of quaternary nitrogens is 1. The molecule has 7 nitrogen and oxygen atoms in total. The van der Waals surface area contributed by atoms with E-state index in [1.807, 2.05) is 0 Å². The van der Waals surface area contributed by atoms with Gasteiger partial charge in [-0.05, 0) is 17.7 Å². The fourth-order valence-electron chi connectivity index (χ4n) is 2.17. The number of hydrogen-bond donors (Lipinski definition) is 3. The Morgan fingerprint density at radius 3 is 2.73 bits per heavy atom. The zero-order valence-electron chi connectivity index (χ0n) is 13.1. The van der Waals surface area contributed by atoms with Crippen LogP contribution in [0.2, 0.25) is 10.0 Å². The standard InChI is InChI=1S/C15H12Cl2N4O3S.ClH/c16-9-2-1-7(3-10(9)17)5-19-13(23)11-12(22)14(24)21-6-8(4-18)25-15(21)20-11;/h1-3,6,22H,4-5,18H2,(H,19,23);1H. The van der Waals surface area contributed by atoms with Crippen molar-refractivity contribution in [1.29, 1.82) is 0 Å². The number of benzene rings is 1. The molecule has 2 aromatic heterocycles. The summed E-state index contributed by atoms with van der Waals surface area (Å²) in [5, 5.41) is 13.4. The maximum Gasteiger partial charge on any atom is 0.301 e. The maximum absolute atomic E-state index is 12.3. The van der Waals surface area contributed by atoms with Gasteiger partial charge in [-0.25, -0.2) is 4.98 Å². The molecule has 26 heavy (non-hydrogen) atoms. The van der Waals surface area contributed by atoms with Crippen LogP contribution in [-0.4, -0.2) is 20.4 Å². The Morgan fingerprint density at radius 2 is 2.08 bits per heavy atom. The Bertz CT molecular complexity index is 1030. The van der Waals surface area contributed by atoms with Gasteiger partial charge in [0, 0.05) is 12.7 Å². The van der Waals surface area contributed by atoms with E-state index in [0.29, 0.717) is 21.6 Å². The number of halogens is 3. The molecule has 0 unspecified atom stereocenters. The lowest BCUT2D eigenvalue weighted by molar-refractivity contribution is -0.385. The van der Waals surface area contributed by atoms with Crippen molar-refractivity contribution in [1.82, 2.24) is 14.7 Å². The molecule has 3 aromatic rings. The van der Waals surface area contributed by atoms with Gasteiger partial charge in [-0.3, -0.25) is 14.0 Å². The topological polar surface area (TPSA) is 111 Å². The molecule has 0 aliphatic carbocycles. The zero-order chi connectivity index (χ0) is 18.1. The highest BCUT2D eigenvalue weighted by Crippen LogP contribution is 2.22. The maximum atomic E-state index is 12.3. The first-order chi connectivity index (χ1) is 11.9. The van der Waals surface area contributed by atoms with Crippen LogP contribution >= 0.6 is 34.5 Å². The lowest BCUT2D eigenvalue weighted by Gasteiger charge is -2.07. The summed E-state index contributed by atoms with van der Waals surface area (Å²) in [6.07, 6.45) is 1.56. The Morgan fingerprint density at radius 1 is 1.35 bits per heavy atom. The van der Waals surface area contributed by atoms with E-state index in [4.69, 9.17) is 23.2 Å². The van der Waals surface area contributed by atoms with Crippen LogP contribution in [0.4, 0.5) is 0 Å². The first-order valence-corrected chi connectivity index (χ1v) is 8.73. The van der Waals surface area contributed by atoms with Crippen molar-refractivity contribution in [3.63, 3.8) is 0 Å². The Kier molecular flexibility index (Phi) is 6.48. The third-order valence-corrected chi connectivity index (χ3v) is 5.23. The molecule has 1 aromatic carbocycles. The Balaban J connectivity index is 0.00000243. The molecular formula is C15H13Cl3N4O3S. The number of nitrogens with one attached hydrogen (secondary N) is 1. The summed E-state index contributed by atoms with van der Waals surface area (Å²) in [5.74, 6) is -1.36. The molecular weight excluding hydrogens is 423 g/mol. The monoisotopic (exact) mass is 434 g/mol. The molecule has 0 aliphatic heterocycles. The third-order valence-electron chi connectivity index (χ3n) is 3.45. The van der Waals surface area contributed by atoms with Gasteiger partial charge >= 0.3 is 5.56 Å². The first kappa shape index (κ1) is 20.5. The number of carbonyl (C=O) groups is 1. The van der Waals surface area contributed by atoms with Gasteiger partial charge in [-0.15, -0.1) is 0 Å². The van der Waals surface area contributed by atoms with E-state index >= 15 is 0 Å². The van der Waals surface area contributed by atoms with E-state index in [-0.39, 0.29) is 24.6 Å². The van der Waals surface area contributed by atoms with Gasteiger partial charge in [0.25, 0.3) is 5.91 Å². The van der Waals surface area contributed by atoms with Gasteiger partial charge in [0.1, 0.15) is 6.54 Å².